The molecule has 0 N–H and O–H groups in total. The van der Waals surface area contributed by atoms with E-state index in [1.807, 2.05) is 72.8 Å². The third kappa shape index (κ3) is 35.8. The van der Waals surface area contributed by atoms with Gasteiger partial charge in [0.2, 0.25) is 0 Å². The van der Waals surface area contributed by atoms with Crippen LogP contribution < -0.4 is 20.4 Å². The minimum absolute atomic E-state index is 0. The molecule has 4 aromatic rings. The molecule has 0 aliphatic rings. The van der Waals surface area contributed by atoms with Crippen LogP contribution in [0.2, 0.25) is 0 Å². The molecular weight excluding hydrogens is 992 g/mol. The summed E-state index contributed by atoms with van der Waals surface area (Å²) in [6, 6.07) is 29.6. The average molecular weight is 1080 g/mol. The first kappa shape index (κ1) is 62.0. The van der Waals surface area contributed by atoms with Gasteiger partial charge in [0.05, 0.1) is 0 Å². The zero-order valence-electron chi connectivity index (χ0n) is 42.0. The maximum Gasteiger partial charge on any atom is 0 e. The molecule has 4 rings (SSSR count). The van der Waals surface area contributed by atoms with Gasteiger partial charge in [0, 0.05) is 27.3 Å². The smallest absolute Gasteiger partial charge is 0 e. The van der Waals surface area contributed by atoms with Crippen LogP contribution in [0.5, 0.6) is 23.0 Å². The summed E-state index contributed by atoms with van der Waals surface area (Å²) in [4.78, 5) is 0. The van der Waals surface area contributed by atoms with E-state index in [0.717, 1.165) is 73.6 Å². The van der Waals surface area contributed by atoms with E-state index in [9.17, 15) is 20.4 Å². The molecule has 0 spiro atoms. The van der Waals surface area contributed by atoms with Crippen LogP contribution >= 0.6 is 0 Å². The van der Waals surface area contributed by atoms with Gasteiger partial charge < -0.3 is 20.4 Å². The van der Waals surface area contributed by atoms with E-state index < -0.39 is 0 Å². The molecule has 4 nitrogen and oxygen atoms in total. The Morgan fingerprint density at radius 1 is 0.231 bits per heavy atom. The molecule has 0 unspecified atom stereocenters. The molecular formula is C60H92O4Pb-4. The third-order valence-corrected chi connectivity index (χ3v) is 12.1. The van der Waals surface area contributed by atoms with Crippen molar-refractivity contribution in [2.45, 2.75) is 233 Å². The zero-order chi connectivity index (χ0) is 46.6. The quantitative estimate of drug-likeness (QED) is 0.0360. The van der Waals surface area contributed by atoms with Crippen molar-refractivity contribution in [3.05, 3.63) is 119 Å². The van der Waals surface area contributed by atoms with Crippen LogP contribution in [0.4, 0.5) is 0 Å². The molecule has 5 heteroatoms. The van der Waals surface area contributed by atoms with Crippen LogP contribution in [0.15, 0.2) is 97.1 Å². The summed E-state index contributed by atoms with van der Waals surface area (Å²) in [5.41, 5.74) is 3.93. The first-order chi connectivity index (χ1) is 31.4. The Balaban J connectivity index is 0.000000836. The molecule has 4 radical (unpaired) electrons. The maximum atomic E-state index is 11.4. The van der Waals surface area contributed by atoms with Crippen LogP contribution in [0.1, 0.15) is 230 Å². The summed E-state index contributed by atoms with van der Waals surface area (Å²) in [6.45, 7) is 8.96. The molecule has 0 aliphatic heterocycles. The molecule has 65 heavy (non-hydrogen) atoms. The first-order valence-electron chi connectivity index (χ1n) is 26.4. The average Bonchev–Trinajstić information content (AvgIpc) is 3.31. The number of benzene rings is 4. The maximum absolute atomic E-state index is 11.4. The van der Waals surface area contributed by atoms with Crippen molar-refractivity contribution in [3.63, 3.8) is 0 Å². The summed E-state index contributed by atoms with van der Waals surface area (Å²) in [5.74, 6) is 0.809. The predicted molar refractivity (Wildman–Crippen MR) is 276 cm³/mol. The van der Waals surface area contributed by atoms with Crippen LogP contribution in [-0.2, 0) is 25.7 Å². The van der Waals surface area contributed by atoms with Crippen molar-refractivity contribution in [2.75, 3.05) is 0 Å². The normalized spacial score (nSPS) is 10.4. The monoisotopic (exact) mass is 1080 g/mol. The molecule has 4 aromatic carbocycles. The molecule has 0 aliphatic carbocycles. The van der Waals surface area contributed by atoms with Gasteiger partial charge in [-0.1, -0.05) is 301 Å². The van der Waals surface area contributed by atoms with Gasteiger partial charge in [-0.2, -0.15) is 0 Å². The second-order valence-corrected chi connectivity index (χ2v) is 17.9. The molecule has 364 valence electrons. The summed E-state index contributed by atoms with van der Waals surface area (Å²) in [5, 5.41) is 45.7. The fraction of sp³-hybridized carbons (Fsp3) is 0.600. The summed E-state index contributed by atoms with van der Waals surface area (Å²) in [7, 11) is 0. The number of rotatable bonds is 32. The van der Waals surface area contributed by atoms with E-state index in [4.69, 9.17) is 0 Å². The Morgan fingerprint density at radius 2 is 0.385 bits per heavy atom. The van der Waals surface area contributed by atoms with Crippen molar-refractivity contribution in [2.24, 2.45) is 0 Å². The molecule has 0 saturated carbocycles. The van der Waals surface area contributed by atoms with Crippen molar-refractivity contribution in [1.29, 1.82) is 0 Å². The van der Waals surface area contributed by atoms with Gasteiger partial charge in [-0.05, 0) is 51.4 Å². The van der Waals surface area contributed by atoms with E-state index in [1.165, 1.54) is 154 Å². The van der Waals surface area contributed by atoms with Gasteiger partial charge in [-0.3, -0.25) is 0 Å². The largest absolute Gasteiger partial charge is 0.872 e. The molecule has 0 aromatic heterocycles. The van der Waals surface area contributed by atoms with Crippen molar-refractivity contribution < 1.29 is 20.4 Å². The zero-order valence-corrected chi connectivity index (χ0v) is 45.9. The molecule has 0 bridgehead atoms. The number of hydrogen-bond acceptors (Lipinski definition) is 4. The first-order valence-corrected chi connectivity index (χ1v) is 26.4. The topological polar surface area (TPSA) is 92.2 Å². The predicted octanol–water partition coefficient (Wildman–Crippen LogP) is 15.8. The van der Waals surface area contributed by atoms with Gasteiger partial charge >= 0.3 is 0 Å². The van der Waals surface area contributed by atoms with E-state index in [1.54, 1.807) is 24.3 Å². The Kier molecular flexibility index (Phi) is 44.0. The summed E-state index contributed by atoms with van der Waals surface area (Å²) < 4.78 is 0. The van der Waals surface area contributed by atoms with E-state index >= 15 is 0 Å². The number of unbranched alkanes of at least 4 members (excludes halogenated alkanes) is 24. The van der Waals surface area contributed by atoms with Gasteiger partial charge in [-0.15, -0.1) is 23.0 Å². The third-order valence-electron chi connectivity index (χ3n) is 12.1. The SMILES string of the molecule is CCCCCCCCCc1ccccc1[O-].CCCCCCCCCc1ccccc1[O-].CCCCCCCCCc1ccccc1[O-].CCCCCCCCCc1ccccc1[O-].[Pb]. The van der Waals surface area contributed by atoms with Crippen LogP contribution in [0.25, 0.3) is 0 Å². The molecule has 0 amide bonds. The van der Waals surface area contributed by atoms with E-state index in [0.29, 0.717) is 0 Å². The Bertz CT molecular complexity index is 1370. The van der Waals surface area contributed by atoms with Gasteiger partial charge in [0.25, 0.3) is 0 Å². The van der Waals surface area contributed by atoms with Crippen molar-refractivity contribution >= 4 is 27.3 Å². The molecule has 0 heterocycles. The van der Waals surface area contributed by atoms with Crippen molar-refractivity contribution in [3.8, 4) is 23.0 Å². The van der Waals surface area contributed by atoms with Gasteiger partial charge in [0.1, 0.15) is 0 Å². The van der Waals surface area contributed by atoms with Crippen LogP contribution in [-0.4, -0.2) is 27.3 Å². The second-order valence-electron chi connectivity index (χ2n) is 17.9. The van der Waals surface area contributed by atoms with E-state index in [2.05, 4.69) is 27.7 Å². The number of para-hydroxylation sites is 4. The van der Waals surface area contributed by atoms with Crippen molar-refractivity contribution in [1.82, 2.24) is 0 Å². The number of aryl methyl sites for hydroxylation is 4. The Hall–Kier alpha value is -3.00. The molecule has 0 fully saturated rings. The van der Waals surface area contributed by atoms with Crippen LogP contribution in [0.3, 0.4) is 0 Å². The van der Waals surface area contributed by atoms with Crippen LogP contribution in [0, 0.1) is 0 Å². The minimum Gasteiger partial charge on any atom is -0.872 e. The summed E-state index contributed by atoms with van der Waals surface area (Å²) >= 11 is 0. The van der Waals surface area contributed by atoms with E-state index in [-0.39, 0.29) is 50.3 Å². The van der Waals surface area contributed by atoms with Gasteiger partial charge in [0.15, 0.2) is 0 Å². The Morgan fingerprint density at radius 3 is 0.554 bits per heavy atom. The standard InChI is InChI=1S/4C15H24O.Pb/c4*1-2-3-4-5-6-7-8-11-14-12-9-10-13-15(14)16;/h4*9-10,12-13,16H,2-8,11H2,1H3;/p-4. The summed E-state index contributed by atoms with van der Waals surface area (Å²) in [6.07, 6.45) is 40.4. The number of hydrogen-bond donors (Lipinski definition) is 0. The molecule has 0 atom stereocenters. The second kappa shape index (κ2) is 46.1. The van der Waals surface area contributed by atoms with Gasteiger partial charge in [-0.25, -0.2) is 0 Å². The fourth-order valence-electron chi connectivity index (χ4n) is 7.93. The fourth-order valence-corrected chi connectivity index (χ4v) is 7.93. The molecule has 0 saturated heterocycles. The Labute approximate surface area is 420 Å². The minimum atomic E-state index is 0.